The number of tetrazole rings is 1. The number of hydrogen-bond donors (Lipinski definition) is 1. The standard InChI is InChI=1S/C15H17N7O2S3/c1-3-7-25-15-19-17-13(27-15)16-12(23)9-26-14-18-20-21-22(14)10-5-4-6-11(8-10)24-2/h4-6,8H,3,7,9H2,1-2H3,(H,16,17,23). The van der Waals surface area contributed by atoms with Gasteiger partial charge in [0.05, 0.1) is 18.6 Å². The molecule has 3 aromatic rings. The van der Waals surface area contributed by atoms with Gasteiger partial charge in [0.15, 0.2) is 4.34 Å². The summed E-state index contributed by atoms with van der Waals surface area (Å²) >= 11 is 4.23. The van der Waals surface area contributed by atoms with Crippen molar-refractivity contribution >= 4 is 45.9 Å². The topological polar surface area (TPSA) is 108 Å². The van der Waals surface area contributed by atoms with E-state index in [1.54, 1.807) is 23.6 Å². The predicted octanol–water partition coefficient (Wildman–Crippen LogP) is 2.76. The first-order valence-electron chi connectivity index (χ1n) is 8.01. The van der Waals surface area contributed by atoms with Crippen molar-refractivity contribution < 1.29 is 9.53 Å². The lowest BCUT2D eigenvalue weighted by atomic mass is 10.3. The summed E-state index contributed by atoms with van der Waals surface area (Å²) in [6.07, 6.45) is 1.06. The zero-order valence-corrected chi connectivity index (χ0v) is 17.1. The average Bonchev–Trinajstić information content (AvgIpc) is 3.34. The van der Waals surface area contributed by atoms with Crippen LogP contribution < -0.4 is 10.1 Å². The van der Waals surface area contributed by atoms with Crippen LogP contribution in [0.15, 0.2) is 33.8 Å². The third kappa shape index (κ3) is 5.40. The van der Waals surface area contributed by atoms with Gasteiger partial charge in [-0.2, -0.15) is 4.68 Å². The molecule has 0 aliphatic heterocycles. The molecule has 0 aliphatic rings. The Kier molecular flexibility index (Phi) is 7.01. The van der Waals surface area contributed by atoms with Crippen LogP contribution in [0.25, 0.3) is 5.69 Å². The number of benzene rings is 1. The number of aromatic nitrogens is 6. The number of nitrogens with one attached hydrogen (secondary N) is 1. The molecule has 0 atom stereocenters. The Morgan fingerprint density at radius 3 is 3.00 bits per heavy atom. The Bertz CT molecular complexity index is 899. The van der Waals surface area contributed by atoms with Gasteiger partial charge in [0.2, 0.25) is 16.2 Å². The molecule has 0 spiro atoms. The van der Waals surface area contributed by atoms with Gasteiger partial charge in [0.25, 0.3) is 0 Å². The van der Waals surface area contributed by atoms with Crippen LogP contribution in [0.2, 0.25) is 0 Å². The summed E-state index contributed by atoms with van der Waals surface area (Å²) in [5.41, 5.74) is 0.754. The van der Waals surface area contributed by atoms with E-state index in [1.807, 2.05) is 24.3 Å². The van der Waals surface area contributed by atoms with Crippen LogP contribution in [0, 0.1) is 0 Å². The summed E-state index contributed by atoms with van der Waals surface area (Å²) in [6.45, 7) is 2.10. The fourth-order valence-electron chi connectivity index (χ4n) is 1.97. The highest BCUT2D eigenvalue weighted by atomic mass is 32.2. The van der Waals surface area contributed by atoms with Crippen LogP contribution >= 0.6 is 34.9 Å². The van der Waals surface area contributed by atoms with Crippen molar-refractivity contribution in [3.63, 3.8) is 0 Å². The Morgan fingerprint density at radius 1 is 1.30 bits per heavy atom. The highest BCUT2D eigenvalue weighted by molar-refractivity contribution is 8.01. The minimum atomic E-state index is -0.191. The fourth-order valence-corrected chi connectivity index (χ4v) is 4.35. The van der Waals surface area contributed by atoms with Crippen LogP contribution in [-0.2, 0) is 4.79 Å². The molecule has 142 valence electrons. The van der Waals surface area contributed by atoms with Gasteiger partial charge in [-0.15, -0.1) is 15.3 Å². The second kappa shape index (κ2) is 9.67. The molecule has 0 radical (unpaired) electrons. The molecule has 0 saturated carbocycles. The highest BCUT2D eigenvalue weighted by Gasteiger charge is 2.14. The average molecular weight is 424 g/mol. The first-order chi connectivity index (χ1) is 13.2. The lowest BCUT2D eigenvalue weighted by molar-refractivity contribution is -0.113. The van der Waals surface area contributed by atoms with E-state index < -0.39 is 0 Å². The van der Waals surface area contributed by atoms with E-state index in [4.69, 9.17) is 4.74 Å². The molecule has 0 saturated heterocycles. The van der Waals surface area contributed by atoms with E-state index in [0.29, 0.717) is 16.0 Å². The smallest absolute Gasteiger partial charge is 0.236 e. The maximum Gasteiger partial charge on any atom is 0.236 e. The summed E-state index contributed by atoms with van der Waals surface area (Å²) in [5, 5.41) is 23.4. The number of ether oxygens (including phenoxy) is 1. The largest absolute Gasteiger partial charge is 0.497 e. The zero-order valence-electron chi connectivity index (χ0n) is 14.7. The first kappa shape index (κ1) is 19.6. The Hall–Kier alpha value is -2.18. The van der Waals surface area contributed by atoms with Crippen LogP contribution in [-0.4, -0.2) is 54.9 Å². The van der Waals surface area contributed by atoms with Crippen molar-refractivity contribution in [1.29, 1.82) is 0 Å². The summed E-state index contributed by atoms with van der Waals surface area (Å²) in [5.74, 6) is 1.64. The van der Waals surface area contributed by atoms with Crippen LogP contribution in [0.3, 0.4) is 0 Å². The van der Waals surface area contributed by atoms with Crippen molar-refractivity contribution in [2.24, 2.45) is 0 Å². The molecule has 3 rings (SSSR count). The van der Waals surface area contributed by atoms with Gasteiger partial charge in [-0.3, -0.25) is 10.1 Å². The number of carbonyl (C=O) groups is 1. The number of rotatable bonds is 9. The number of thioether (sulfide) groups is 2. The normalized spacial score (nSPS) is 10.7. The van der Waals surface area contributed by atoms with Gasteiger partial charge < -0.3 is 4.74 Å². The maximum absolute atomic E-state index is 12.2. The van der Waals surface area contributed by atoms with E-state index in [2.05, 4.69) is 38.0 Å². The molecule has 1 aromatic carbocycles. The van der Waals surface area contributed by atoms with E-state index in [1.165, 1.54) is 23.1 Å². The predicted molar refractivity (Wildman–Crippen MR) is 106 cm³/mol. The van der Waals surface area contributed by atoms with E-state index in [-0.39, 0.29) is 11.7 Å². The van der Waals surface area contributed by atoms with Crippen molar-refractivity contribution in [1.82, 2.24) is 30.4 Å². The minimum absolute atomic E-state index is 0.154. The monoisotopic (exact) mass is 423 g/mol. The van der Waals surface area contributed by atoms with Gasteiger partial charge in [-0.1, -0.05) is 47.9 Å². The molecule has 27 heavy (non-hydrogen) atoms. The summed E-state index contributed by atoms with van der Waals surface area (Å²) in [6, 6.07) is 7.36. The third-order valence-electron chi connectivity index (χ3n) is 3.15. The number of carbonyl (C=O) groups excluding carboxylic acids is 1. The lowest BCUT2D eigenvalue weighted by Gasteiger charge is -2.06. The Morgan fingerprint density at radius 2 is 2.19 bits per heavy atom. The molecule has 2 heterocycles. The summed E-state index contributed by atoms with van der Waals surface area (Å²) in [7, 11) is 1.60. The second-order valence-corrected chi connectivity index (χ2v) is 8.40. The number of anilines is 1. The van der Waals surface area contributed by atoms with Gasteiger partial charge in [-0.05, 0) is 29.0 Å². The van der Waals surface area contributed by atoms with Gasteiger partial charge in [-0.25, -0.2) is 0 Å². The first-order valence-corrected chi connectivity index (χ1v) is 10.8. The molecular weight excluding hydrogens is 406 g/mol. The molecule has 0 bridgehead atoms. The summed E-state index contributed by atoms with van der Waals surface area (Å²) < 4.78 is 7.63. The van der Waals surface area contributed by atoms with Gasteiger partial charge >= 0.3 is 0 Å². The molecule has 2 aromatic heterocycles. The zero-order chi connectivity index (χ0) is 19.1. The van der Waals surface area contributed by atoms with Crippen LogP contribution in [0.4, 0.5) is 5.13 Å². The molecular formula is C15H17N7O2S3. The van der Waals surface area contributed by atoms with E-state index in [9.17, 15) is 4.79 Å². The fraction of sp³-hybridized carbons (Fsp3) is 0.333. The van der Waals surface area contributed by atoms with E-state index in [0.717, 1.165) is 22.2 Å². The lowest BCUT2D eigenvalue weighted by Crippen LogP contribution is -2.14. The van der Waals surface area contributed by atoms with Gasteiger partial charge in [0.1, 0.15) is 5.75 Å². The number of methoxy groups -OCH3 is 1. The molecule has 0 unspecified atom stereocenters. The third-order valence-corrected chi connectivity index (χ3v) is 6.25. The van der Waals surface area contributed by atoms with Crippen molar-refractivity contribution in [3.8, 4) is 11.4 Å². The van der Waals surface area contributed by atoms with Crippen molar-refractivity contribution in [2.75, 3.05) is 23.9 Å². The quantitative estimate of drug-likeness (QED) is 0.410. The molecule has 12 heteroatoms. The Balaban J connectivity index is 1.58. The maximum atomic E-state index is 12.2. The highest BCUT2D eigenvalue weighted by Crippen LogP contribution is 2.26. The minimum Gasteiger partial charge on any atom is -0.497 e. The molecule has 0 aliphatic carbocycles. The van der Waals surface area contributed by atoms with Crippen LogP contribution in [0.5, 0.6) is 5.75 Å². The van der Waals surface area contributed by atoms with Crippen LogP contribution in [0.1, 0.15) is 13.3 Å². The SMILES string of the molecule is CCCSc1nnc(NC(=O)CSc2nnnn2-c2cccc(OC)c2)s1. The molecule has 1 amide bonds. The molecule has 0 fully saturated rings. The Labute approximate surface area is 168 Å². The summed E-state index contributed by atoms with van der Waals surface area (Å²) in [4.78, 5) is 12.2. The molecule has 1 N–H and O–H groups in total. The van der Waals surface area contributed by atoms with Crippen molar-refractivity contribution in [2.45, 2.75) is 22.8 Å². The van der Waals surface area contributed by atoms with Gasteiger partial charge in [0, 0.05) is 11.8 Å². The number of amides is 1. The number of hydrogen-bond acceptors (Lipinski definition) is 10. The molecule has 9 nitrogen and oxygen atoms in total. The van der Waals surface area contributed by atoms with E-state index >= 15 is 0 Å². The van der Waals surface area contributed by atoms with Crippen molar-refractivity contribution in [3.05, 3.63) is 24.3 Å². The second-order valence-electron chi connectivity index (χ2n) is 5.13. The number of nitrogens with zero attached hydrogens (tertiary/aromatic N) is 6.